The molecule has 0 aliphatic carbocycles. The Morgan fingerprint density at radius 1 is 1.36 bits per heavy atom. The van der Waals surface area contributed by atoms with Gasteiger partial charge in [-0.25, -0.2) is 0 Å². The monoisotopic (exact) mass is 326 g/mol. The fourth-order valence-electron chi connectivity index (χ4n) is 2.80. The number of ether oxygens (including phenoxy) is 1. The van der Waals surface area contributed by atoms with Crippen LogP contribution in [0.5, 0.6) is 5.75 Å². The summed E-state index contributed by atoms with van der Waals surface area (Å²) < 4.78 is 5.20. The fraction of sp³-hybridized carbons (Fsp3) is 0.588. The normalized spacial score (nSPS) is 15.3. The number of rotatable bonds is 6. The summed E-state index contributed by atoms with van der Waals surface area (Å²) in [6.07, 6.45) is 2.68. The maximum atomic E-state index is 12.4. The Hall–Kier alpha value is -1.26. The van der Waals surface area contributed by atoms with E-state index in [4.69, 9.17) is 4.74 Å². The Morgan fingerprint density at radius 3 is 2.73 bits per heavy atom. The van der Waals surface area contributed by atoms with Gasteiger partial charge in [0.15, 0.2) is 0 Å². The van der Waals surface area contributed by atoms with Crippen molar-refractivity contribution in [2.45, 2.75) is 26.2 Å². The van der Waals surface area contributed by atoms with Gasteiger partial charge < -0.3 is 15.0 Å². The van der Waals surface area contributed by atoms with Gasteiger partial charge in [0.2, 0.25) is 5.91 Å². The molecule has 0 bridgehead atoms. The zero-order valence-corrected chi connectivity index (χ0v) is 14.3. The minimum absolute atomic E-state index is 0. The number of carbonyl (C=O) groups excluding carboxylic acids is 1. The summed E-state index contributed by atoms with van der Waals surface area (Å²) in [6.45, 7) is 6.01. The second kappa shape index (κ2) is 9.70. The van der Waals surface area contributed by atoms with Crippen molar-refractivity contribution in [3.05, 3.63) is 29.8 Å². The van der Waals surface area contributed by atoms with E-state index in [2.05, 4.69) is 12.2 Å². The fourth-order valence-corrected chi connectivity index (χ4v) is 2.80. The molecule has 0 aromatic heterocycles. The molecule has 1 aliphatic rings. The highest BCUT2D eigenvalue weighted by Crippen LogP contribution is 2.18. The van der Waals surface area contributed by atoms with E-state index in [0.717, 1.165) is 50.3 Å². The number of amides is 1. The number of nitrogens with zero attached hydrogens (tertiary/aromatic N) is 1. The van der Waals surface area contributed by atoms with Crippen LogP contribution in [0.15, 0.2) is 24.3 Å². The number of hydrogen-bond donors (Lipinski definition) is 1. The summed E-state index contributed by atoms with van der Waals surface area (Å²) in [4.78, 5) is 14.4. The molecule has 1 aromatic rings. The number of likely N-dealkylation sites (tertiary alicyclic amines) is 1. The minimum atomic E-state index is 0. The highest BCUT2D eigenvalue weighted by molar-refractivity contribution is 5.85. The van der Waals surface area contributed by atoms with Crippen LogP contribution >= 0.6 is 12.4 Å². The lowest BCUT2D eigenvalue weighted by Gasteiger charge is -2.32. The predicted octanol–water partition coefficient (Wildman–Crippen LogP) is 2.51. The number of hydrogen-bond acceptors (Lipinski definition) is 3. The molecule has 4 nitrogen and oxygen atoms in total. The van der Waals surface area contributed by atoms with Gasteiger partial charge >= 0.3 is 0 Å². The molecule has 1 saturated heterocycles. The van der Waals surface area contributed by atoms with E-state index in [1.807, 2.05) is 29.2 Å². The summed E-state index contributed by atoms with van der Waals surface area (Å²) in [7, 11) is 1.65. The molecule has 1 fully saturated rings. The van der Waals surface area contributed by atoms with E-state index < -0.39 is 0 Å². The van der Waals surface area contributed by atoms with Crippen LogP contribution in [0.2, 0.25) is 0 Å². The molecule has 2 rings (SSSR count). The third kappa shape index (κ3) is 5.50. The van der Waals surface area contributed by atoms with Gasteiger partial charge in [-0.05, 0) is 49.5 Å². The molecular formula is C17H27ClN2O2. The molecule has 22 heavy (non-hydrogen) atoms. The van der Waals surface area contributed by atoms with Gasteiger partial charge in [0, 0.05) is 13.1 Å². The van der Waals surface area contributed by atoms with Gasteiger partial charge in [-0.1, -0.05) is 19.1 Å². The molecule has 0 unspecified atom stereocenters. The van der Waals surface area contributed by atoms with Crippen molar-refractivity contribution in [3.8, 4) is 5.75 Å². The van der Waals surface area contributed by atoms with Crippen LogP contribution < -0.4 is 10.1 Å². The van der Waals surface area contributed by atoms with Crippen LogP contribution in [0.3, 0.4) is 0 Å². The van der Waals surface area contributed by atoms with E-state index >= 15 is 0 Å². The molecule has 0 atom stereocenters. The summed E-state index contributed by atoms with van der Waals surface area (Å²) in [5, 5.41) is 3.40. The van der Waals surface area contributed by atoms with Crippen molar-refractivity contribution in [3.63, 3.8) is 0 Å². The zero-order valence-electron chi connectivity index (χ0n) is 13.5. The number of methoxy groups -OCH3 is 1. The molecule has 124 valence electrons. The van der Waals surface area contributed by atoms with Crippen molar-refractivity contribution in [2.75, 3.05) is 33.3 Å². The first-order chi connectivity index (χ1) is 10.2. The van der Waals surface area contributed by atoms with Crippen molar-refractivity contribution < 1.29 is 9.53 Å². The number of piperidine rings is 1. The summed E-state index contributed by atoms with van der Waals surface area (Å²) >= 11 is 0. The first-order valence-corrected chi connectivity index (χ1v) is 7.84. The maximum Gasteiger partial charge on any atom is 0.226 e. The lowest BCUT2D eigenvalue weighted by atomic mass is 9.96. The maximum absolute atomic E-state index is 12.4. The third-order valence-electron chi connectivity index (χ3n) is 4.14. The van der Waals surface area contributed by atoms with Crippen molar-refractivity contribution in [2.24, 2.45) is 5.92 Å². The topological polar surface area (TPSA) is 41.6 Å². The predicted molar refractivity (Wildman–Crippen MR) is 91.8 cm³/mol. The van der Waals surface area contributed by atoms with E-state index in [9.17, 15) is 4.79 Å². The minimum Gasteiger partial charge on any atom is -0.497 e. The highest BCUT2D eigenvalue weighted by atomic mass is 35.5. The molecular weight excluding hydrogens is 300 g/mol. The molecule has 0 spiro atoms. The average molecular weight is 327 g/mol. The lowest BCUT2D eigenvalue weighted by molar-refractivity contribution is -0.131. The van der Waals surface area contributed by atoms with Crippen LogP contribution in [-0.4, -0.2) is 44.1 Å². The number of benzene rings is 1. The lowest BCUT2D eigenvalue weighted by Crippen LogP contribution is -2.41. The van der Waals surface area contributed by atoms with E-state index in [-0.39, 0.29) is 18.3 Å². The molecule has 1 heterocycles. The summed E-state index contributed by atoms with van der Waals surface area (Å²) in [6, 6.07) is 7.76. The molecule has 1 amide bonds. The SMILES string of the molecule is CCNCC1CCN(C(=O)Cc2cccc(OC)c2)CC1.Cl. The van der Waals surface area contributed by atoms with Crippen LogP contribution in [0.25, 0.3) is 0 Å². The van der Waals surface area contributed by atoms with E-state index in [1.54, 1.807) is 7.11 Å². The van der Waals surface area contributed by atoms with Crippen LogP contribution in [-0.2, 0) is 11.2 Å². The quantitative estimate of drug-likeness (QED) is 0.873. The van der Waals surface area contributed by atoms with Gasteiger partial charge in [-0.15, -0.1) is 12.4 Å². The smallest absolute Gasteiger partial charge is 0.226 e. The standard InChI is InChI=1S/C17H26N2O2.ClH/c1-3-18-13-14-7-9-19(10-8-14)17(20)12-15-5-4-6-16(11-15)21-2;/h4-6,11,14,18H,3,7-10,12-13H2,1-2H3;1H. The molecule has 5 heteroatoms. The number of nitrogens with one attached hydrogen (secondary N) is 1. The summed E-state index contributed by atoms with van der Waals surface area (Å²) in [5.41, 5.74) is 1.02. The van der Waals surface area contributed by atoms with Crippen molar-refractivity contribution in [1.29, 1.82) is 0 Å². The molecule has 0 radical (unpaired) electrons. The van der Waals surface area contributed by atoms with Crippen LogP contribution in [0.4, 0.5) is 0 Å². The first-order valence-electron chi connectivity index (χ1n) is 7.84. The van der Waals surface area contributed by atoms with Crippen molar-refractivity contribution >= 4 is 18.3 Å². The van der Waals surface area contributed by atoms with Gasteiger partial charge in [0.1, 0.15) is 5.75 Å². The number of carbonyl (C=O) groups is 1. The second-order valence-corrected chi connectivity index (χ2v) is 5.66. The second-order valence-electron chi connectivity index (χ2n) is 5.66. The largest absolute Gasteiger partial charge is 0.497 e. The van der Waals surface area contributed by atoms with Gasteiger partial charge in [-0.3, -0.25) is 4.79 Å². The van der Waals surface area contributed by atoms with Gasteiger partial charge in [-0.2, -0.15) is 0 Å². The van der Waals surface area contributed by atoms with Gasteiger partial charge in [0.05, 0.1) is 13.5 Å². The number of halogens is 1. The van der Waals surface area contributed by atoms with E-state index in [1.165, 1.54) is 0 Å². The van der Waals surface area contributed by atoms with Crippen molar-refractivity contribution in [1.82, 2.24) is 10.2 Å². The Balaban J connectivity index is 0.00000242. The third-order valence-corrected chi connectivity index (χ3v) is 4.14. The zero-order chi connectivity index (χ0) is 15.1. The first kappa shape index (κ1) is 18.8. The van der Waals surface area contributed by atoms with Gasteiger partial charge in [0.25, 0.3) is 0 Å². The molecule has 1 N–H and O–H groups in total. The van der Waals surface area contributed by atoms with E-state index in [0.29, 0.717) is 12.3 Å². The Kier molecular flexibility index (Phi) is 8.28. The molecule has 1 aromatic carbocycles. The highest BCUT2D eigenvalue weighted by Gasteiger charge is 2.22. The van der Waals surface area contributed by atoms with Crippen LogP contribution in [0.1, 0.15) is 25.3 Å². The Bertz CT molecular complexity index is 460. The molecule has 1 aliphatic heterocycles. The van der Waals surface area contributed by atoms with Crippen LogP contribution in [0, 0.1) is 5.92 Å². The Morgan fingerprint density at radius 2 is 2.09 bits per heavy atom. The molecule has 0 saturated carbocycles. The summed E-state index contributed by atoms with van der Waals surface area (Å²) in [5.74, 6) is 1.75. The average Bonchev–Trinajstić information content (AvgIpc) is 2.53. The Labute approximate surface area is 139 Å².